The Morgan fingerprint density at radius 2 is 1.76 bits per heavy atom. The Labute approximate surface area is 107 Å². The zero-order valence-corrected chi connectivity index (χ0v) is 12.3. The van der Waals surface area contributed by atoms with Gasteiger partial charge in [0.25, 0.3) is 0 Å². The van der Waals surface area contributed by atoms with Gasteiger partial charge in [-0.2, -0.15) is 0 Å². The van der Waals surface area contributed by atoms with E-state index >= 15 is 0 Å². The lowest BCUT2D eigenvalue weighted by atomic mass is 10.0. The average Bonchev–Trinajstić information content (AvgIpc) is 2.24. The minimum absolute atomic E-state index is 0.234. The van der Waals surface area contributed by atoms with Crippen molar-refractivity contribution in [3.05, 3.63) is 0 Å². The van der Waals surface area contributed by atoms with Crippen molar-refractivity contribution in [3.8, 4) is 0 Å². The molecule has 0 fully saturated rings. The zero-order valence-electron chi connectivity index (χ0n) is 12.3. The molecule has 0 aliphatic rings. The Kier molecular flexibility index (Phi) is 9.79. The molecule has 0 aliphatic heterocycles. The Balaban J connectivity index is 3.25. The molecule has 1 N–H and O–H groups in total. The van der Waals surface area contributed by atoms with E-state index in [1.807, 2.05) is 0 Å². The number of nitrogens with one attached hydrogen (secondary N) is 1. The van der Waals surface area contributed by atoms with Gasteiger partial charge in [-0.05, 0) is 46.1 Å². The quantitative estimate of drug-likeness (QED) is 0.600. The topological polar surface area (TPSA) is 30.5 Å². The highest BCUT2D eigenvalue weighted by Crippen LogP contribution is 2.09. The van der Waals surface area contributed by atoms with Gasteiger partial charge in [-0.15, -0.1) is 0 Å². The predicted molar refractivity (Wildman–Crippen MR) is 73.5 cm³/mol. The van der Waals surface area contributed by atoms with E-state index in [9.17, 15) is 0 Å². The summed E-state index contributed by atoms with van der Waals surface area (Å²) in [6, 6.07) is 0. The number of rotatable bonds is 10. The van der Waals surface area contributed by atoms with Crippen LogP contribution in [0.4, 0.5) is 0 Å². The Morgan fingerprint density at radius 3 is 2.35 bits per heavy atom. The largest absolute Gasteiger partial charge is 0.382 e. The summed E-state index contributed by atoms with van der Waals surface area (Å²) in [5.74, 6) is 0.744. The van der Waals surface area contributed by atoms with E-state index in [4.69, 9.17) is 9.47 Å². The Morgan fingerprint density at radius 1 is 1.06 bits per heavy atom. The molecule has 0 amide bonds. The lowest BCUT2D eigenvalue weighted by Gasteiger charge is -2.23. The number of hydrogen-bond acceptors (Lipinski definition) is 3. The fourth-order valence-electron chi connectivity index (χ4n) is 1.52. The lowest BCUT2D eigenvalue weighted by molar-refractivity contribution is 0.0682. The van der Waals surface area contributed by atoms with E-state index in [0.717, 1.165) is 32.1 Å². The first-order chi connectivity index (χ1) is 7.95. The van der Waals surface area contributed by atoms with Gasteiger partial charge in [-0.1, -0.05) is 13.3 Å². The van der Waals surface area contributed by atoms with Crippen LogP contribution in [0, 0.1) is 5.92 Å². The second-order valence-corrected chi connectivity index (χ2v) is 5.84. The summed E-state index contributed by atoms with van der Waals surface area (Å²) in [6.45, 7) is 12.3. The second kappa shape index (κ2) is 9.86. The maximum atomic E-state index is 5.43. The fourth-order valence-corrected chi connectivity index (χ4v) is 1.52. The molecule has 3 heteroatoms. The first-order valence-corrected chi connectivity index (χ1v) is 6.77. The maximum Gasteiger partial charge on any atom is 0.0700 e. The molecule has 0 rings (SSSR count). The Hall–Kier alpha value is -0.120. The van der Waals surface area contributed by atoms with Crippen LogP contribution in [0.15, 0.2) is 0 Å². The van der Waals surface area contributed by atoms with E-state index in [1.165, 1.54) is 12.8 Å². The van der Waals surface area contributed by atoms with Crippen LogP contribution in [0.1, 0.15) is 47.0 Å². The van der Waals surface area contributed by atoms with Gasteiger partial charge >= 0.3 is 0 Å². The van der Waals surface area contributed by atoms with Crippen LogP contribution >= 0.6 is 0 Å². The zero-order chi connectivity index (χ0) is 13.1. The first-order valence-electron chi connectivity index (χ1n) is 6.77. The van der Waals surface area contributed by atoms with Crippen molar-refractivity contribution < 1.29 is 9.47 Å². The van der Waals surface area contributed by atoms with E-state index in [-0.39, 0.29) is 5.54 Å². The third kappa shape index (κ3) is 13.8. The molecule has 0 saturated heterocycles. The van der Waals surface area contributed by atoms with Crippen molar-refractivity contribution in [2.24, 2.45) is 5.92 Å². The van der Waals surface area contributed by atoms with Crippen molar-refractivity contribution in [2.75, 3.05) is 33.5 Å². The maximum absolute atomic E-state index is 5.43. The van der Waals surface area contributed by atoms with Crippen LogP contribution in [-0.2, 0) is 9.47 Å². The van der Waals surface area contributed by atoms with Gasteiger partial charge in [0.2, 0.25) is 0 Å². The lowest BCUT2D eigenvalue weighted by Crippen LogP contribution is -2.38. The number of ether oxygens (including phenoxy) is 2. The molecular formula is C14H31NO2. The molecule has 17 heavy (non-hydrogen) atoms. The molecule has 0 saturated carbocycles. The fraction of sp³-hybridized carbons (Fsp3) is 1.00. The highest BCUT2D eigenvalue weighted by molar-refractivity contribution is 4.71. The predicted octanol–water partition coefficient (Wildman–Crippen LogP) is 2.84. The molecule has 0 spiro atoms. The minimum Gasteiger partial charge on any atom is -0.382 e. The molecule has 0 heterocycles. The van der Waals surface area contributed by atoms with Crippen molar-refractivity contribution in [2.45, 2.75) is 52.5 Å². The summed E-state index contributed by atoms with van der Waals surface area (Å²) in [7, 11) is 1.70. The highest BCUT2D eigenvalue weighted by atomic mass is 16.5. The van der Waals surface area contributed by atoms with Gasteiger partial charge in [0.1, 0.15) is 0 Å². The molecule has 0 aromatic rings. The average molecular weight is 245 g/mol. The standard InChI is InChI=1S/C14H31NO2/c1-13(12-15-14(2,3)4)8-6-7-9-17-11-10-16-5/h13,15H,6-12H2,1-5H3. The monoisotopic (exact) mass is 245 g/mol. The summed E-state index contributed by atoms with van der Waals surface area (Å²) in [5.41, 5.74) is 0.234. The first kappa shape index (κ1) is 16.9. The van der Waals surface area contributed by atoms with E-state index < -0.39 is 0 Å². The molecule has 0 radical (unpaired) electrons. The van der Waals surface area contributed by atoms with Gasteiger partial charge in [0.05, 0.1) is 13.2 Å². The summed E-state index contributed by atoms with van der Waals surface area (Å²) in [4.78, 5) is 0. The van der Waals surface area contributed by atoms with Crippen molar-refractivity contribution in [1.29, 1.82) is 0 Å². The highest BCUT2D eigenvalue weighted by Gasteiger charge is 2.10. The third-order valence-electron chi connectivity index (χ3n) is 2.65. The summed E-state index contributed by atoms with van der Waals surface area (Å²) in [5, 5.41) is 3.54. The molecule has 104 valence electrons. The van der Waals surface area contributed by atoms with Crippen molar-refractivity contribution >= 4 is 0 Å². The number of unbranched alkanes of at least 4 members (excludes halogenated alkanes) is 1. The van der Waals surface area contributed by atoms with Crippen LogP contribution in [0.2, 0.25) is 0 Å². The van der Waals surface area contributed by atoms with E-state index in [2.05, 4.69) is 33.0 Å². The van der Waals surface area contributed by atoms with Gasteiger partial charge in [0.15, 0.2) is 0 Å². The van der Waals surface area contributed by atoms with E-state index in [1.54, 1.807) is 7.11 Å². The molecule has 1 atom stereocenters. The van der Waals surface area contributed by atoms with Crippen LogP contribution in [0.5, 0.6) is 0 Å². The number of methoxy groups -OCH3 is 1. The third-order valence-corrected chi connectivity index (χ3v) is 2.65. The second-order valence-electron chi connectivity index (χ2n) is 5.84. The molecular weight excluding hydrogens is 214 g/mol. The van der Waals surface area contributed by atoms with Gasteiger partial charge in [-0.25, -0.2) is 0 Å². The van der Waals surface area contributed by atoms with Crippen LogP contribution in [0.3, 0.4) is 0 Å². The minimum atomic E-state index is 0.234. The molecule has 1 unspecified atom stereocenters. The van der Waals surface area contributed by atoms with Gasteiger partial charge in [-0.3, -0.25) is 0 Å². The van der Waals surface area contributed by atoms with Crippen LogP contribution < -0.4 is 5.32 Å². The van der Waals surface area contributed by atoms with E-state index in [0.29, 0.717) is 6.61 Å². The molecule has 0 bridgehead atoms. The Bertz CT molecular complexity index is 166. The van der Waals surface area contributed by atoms with Crippen molar-refractivity contribution in [1.82, 2.24) is 5.32 Å². The smallest absolute Gasteiger partial charge is 0.0700 e. The molecule has 0 aromatic carbocycles. The normalized spacial score (nSPS) is 13.9. The van der Waals surface area contributed by atoms with Gasteiger partial charge < -0.3 is 14.8 Å². The summed E-state index contributed by atoms with van der Waals surface area (Å²) >= 11 is 0. The van der Waals surface area contributed by atoms with Crippen LogP contribution in [0.25, 0.3) is 0 Å². The van der Waals surface area contributed by atoms with Gasteiger partial charge in [0, 0.05) is 19.3 Å². The summed E-state index contributed by atoms with van der Waals surface area (Å²) in [6.07, 6.45) is 3.68. The molecule has 0 aliphatic carbocycles. The van der Waals surface area contributed by atoms with Crippen molar-refractivity contribution in [3.63, 3.8) is 0 Å². The SMILES string of the molecule is COCCOCCCCC(C)CNC(C)(C)C. The number of hydrogen-bond donors (Lipinski definition) is 1. The van der Waals surface area contributed by atoms with Crippen LogP contribution in [-0.4, -0.2) is 39.0 Å². The molecule has 0 aromatic heterocycles. The summed E-state index contributed by atoms with van der Waals surface area (Å²) < 4.78 is 10.3. The molecule has 3 nitrogen and oxygen atoms in total.